The normalized spacial score (nSPS) is 17.2. The highest BCUT2D eigenvalue weighted by molar-refractivity contribution is 6.06. The van der Waals surface area contributed by atoms with Gasteiger partial charge in [-0.3, -0.25) is 0 Å². The van der Waals surface area contributed by atoms with Gasteiger partial charge < -0.3 is 14.7 Å². The van der Waals surface area contributed by atoms with E-state index in [0.717, 1.165) is 34.9 Å². The van der Waals surface area contributed by atoms with E-state index in [1.807, 2.05) is 66.7 Å². The number of para-hydroxylation sites is 1. The van der Waals surface area contributed by atoms with E-state index in [1.165, 1.54) is 0 Å². The van der Waals surface area contributed by atoms with Crippen LogP contribution in [0.3, 0.4) is 0 Å². The number of anilines is 1. The maximum Gasteiger partial charge on any atom is 0.335 e. The van der Waals surface area contributed by atoms with Gasteiger partial charge in [0.2, 0.25) is 0 Å². The summed E-state index contributed by atoms with van der Waals surface area (Å²) in [6.07, 6.45) is 0.785. The standard InChI is InChI=1S/C23H20N2O3/c1-28-20-13-11-19(12-14-20)25-21(16-7-9-17(10-8-16)23(26)27)15-22(25)24-18-5-3-2-4-6-18/h2-14,21H,15H2,1H3,(H,26,27). The Hall–Kier alpha value is -3.60. The average molecular weight is 372 g/mol. The van der Waals surface area contributed by atoms with Crippen molar-refractivity contribution in [3.63, 3.8) is 0 Å². The van der Waals surface area contributed by atoms with Gasteiger partial charge in [0.05, 0.1) is 24.4 Å². The number of carboxylic acids is 1. The summed E-state index contributed by atoms with van der Waals surface area (Å²) < 4.78 is 5.27. The van der Waals surface area contributed by atoms with Crippen LogP contribution in [0, 0.1) is 0 Å². The van der Waals surface area contributed by atoms with Gasteiger partial charge in [-0.15, -0.1) is 0 Å². The average Bonchev–Trinajstić information content (AvgIpc) is 2.72. The van der Waals surface area contributed by atoms with Crippen LogP contribution in [-0.4, -0.2) is 24.0 Å². The van der Waals surface area contributed by atoms with Crippen molar-refractivity contribution in [2.45, 2.75) is 12.5 Å². The molecule has 3 aromatic rings. The first kappa shape index (κ1) is 17.8. The first-order valence-corrected chi connectivity index (χ1v) is 9.05. The minimum Gasteiger partial charge on any atom is -0.497 e. The molecule has 0 saturated carbocycles. The largest absolute Gasteiger partial charge is 0.497 e. The van der Waals surface area contributed by atoms with Crippen LogP contribution in [0.5, 0.6) is 5.75 Å². The van der Waals surface area contributed by atoms with Crippen LogP contribution in [0.1, 0.15) is 28.4 Å². The number of nitrogens with zero attached hydrogens (tertiary/aromatic N) is 2. The summed E-state index contributed by atoms with van der Waals surface area (Å²) >= 11 is 0. The first-order valence-electron chi connectivity index (χ1n) is 9.05. The molecule has 4 rings (SSSR count). The van der Waals surface area contributed by atoms with E-state index in [-0.39, 0.29) is 11.6 Å². The molecule has 0 radical (unpaired) electrons. The van der Waals surface area contributed by atoms with Gasteiger partial charge in [0.15, 0.2) is 0 Å². The van der Waals surface area contributed by atoms with Gasteiger partial charge >= 0.3 is 5.97 Å². The van der Waals surface area contributed by atoms with E-state index in [1.54, 1.807) is 19.2 Å². The van der Waals surface area contributed by atoms with Gasteiger partial charge in [-0.1, -0.05) is 30.3 Å². The number of ether oxygens (including phenoxy) is 1. The number of hydrogen-bond acceptors (Lipinski definition) is 3. The lowest BCUT2D eigenvalue weighted by Crippen LogP contribution is -2.46. The smallest absolute Gasteiger partial charge is 0.335 e. The molecule has 0 spiro atoms. The quantitative estimate of drug-likeness (QED) is 0.679. The van der Waals surface area contributed by atoms with E-state index < -0.39 is 5.97 Å². The summed E-state index contributed by atoms with van der Waals surface area (Å²) in [5.41, 5.74) is 3.29. The molecule has 5 nitrogen and oxygen atoms in total. The summed E-state index contributed by atoms with van der Waals surface area (Å²) in [6.45, 7) is 0. The molecule has 140 valence electrons. The fraction of sp³-hybridized carbons (Fsp3) is 0.130. The number of rotatable bonds is 5. The number of benzene rings is 3. The SMILES string of the molecule is COc1ccc(N2C(=Nc3ccccc3)CC2c2ccc(C(=O)O)cc2)cc1. The number of amidine groups is 1. The number of aliphatic imine (C=N–C) groups is 1. The molecule has 1 aliphatic heterocycles. The Balaban J connectivity index is 1.68. The van der Waals surface area contributed by atoms with E-state index in [9.17, 15) is 4.79 Å². The number of methoxy groups -OCH3 is 1. The first-order chi connectivity index (χ1) is 13.7. The minimum atomic E-state index is -0.918. The molecule has 1 saturated heterocycles. The molecule has 3 aromatic carbocycles. The van der Waals surface area contributed by atoms with Crippen molar-refractivity contribution in [2.75, 3.05) is 12.0 Å². The summed E-state index contributed by atoms with van der Waals surface area (Å²) in [7, 11) is 1.65. The molecule has 1 aliphatic rings. The molecule has 0 bridgehead atoms. The van der Waals surface area contributed by atoms with Crippen LogP contribution >= 0.6 is 0 Å². The van der Waals surface area contributed by atoms with Crippen molar-refractivity contribution >= 4 is 23.2 Å². The van der Waals surface area contributed by atoms with Crippen LogP contribution in [-0.2, 0) is 0 Å². The molecule has 1 heterocycles. The zero-order valence-electron chi connectivity index (χ0n) is 15.4. The molecule has 1 unspecified atom stereocenters. The van der Waals surface area contributed by atoms with Gasteiger partial charge in [-0.25, -0.2) is 9.79 Å². The number of aromatic carboxylic acids is 1. The molecule has 1 fully saturated rings. The Morgan fingerprint density at radius 3 is 2.29 bits per heavy atom. The van der Waals surface area contributed by atoms with Crippen LogP contribution in [0.15, 0.2) is 83.9 Å². The van der Waals surface area contributed by atoms with Gasteiger partial charge in [0.25, 0.3) is 0 Å². The van der Waals surface area contributed by atoms with Gasteiger partial charge in [-0.05, 0) is 54.1 Å². The van der Waals surface area contributed by atoms with Crippen molar-refractivity contribution in [2.24, 2.45) is 4.99 Å². The molecule has 1 N–H and O–H groups in total. The Bertz CT molecular complexity index is 996. The second-order valence-corrected chi connectivity index (χ2v) is 6.58. The van der Waals surface area contributed by atoms with Crippen molar-refractivity contribution in [1.82, 2.24) is 0 Å². The third-order valence-corrected chi connectivity index (χ3v) is 4.87. The fourth-order valence-corrected chi connectivity index (χ4v) is 3.37. The highest BCUT2D eigenvalue weighted by Crippen LogP contribution is 2.41. The Labute approximate surface area is 163 Å². The second-order valence-electron chi connectivity index (χ2n) is 6.58. The highest BCUT2D eigenvalue weighted by Gasteiger charge is 2.36. The number of carboxylic acid groups (broad SMARTS) is 1. The molecule has 0 amide bonds. The van der Waals surface area contributed by atoms with Crippen LogP contribution < -0.4 is 9.64 Å². The zero-order chi connectivity index (χ0) is 19.5. The van der Waals surface area contributed by atoms with Crippen LogP contribution in [0.2, 0.25) is 0 Å². The predicted molar refractivity (Wildman–Crippen MR) is 110 cm³/mol. The van der Waals surface area contributed by atoms with Crippen molar-refractivity contribution < 1.29 is 14.6 Å². The maximum absolute atomic E-state index is 11.1. The van der Waals surface area contributed by atoms with Crippen LogP contribution in [0.25, 0.3) is 0 Å². The van der Waals surface area contributed by atoms with E-state index in [2.05, 4.69) is 4.90 Å². The van der Waals surface area contributed by atoms with E-state index >= 15 is 0 Å². The van der Waals surface area contributed by atoms with E-state index in [0.29, 0.717) is 0 Å². The van der Waals surface area contributed by atoms with Crippen molar-refractivity contribution in [1.29, 1.82) is 0 Å². The molecule has 5 heteroatoms. The van der Waals surface area contributed by atoms with Crippen molar-refractivity contribution in [3.05, 3.63) is 90.0 Å². The van der Waals surface area contributed by atoms with Gasteiger partial charge in [-0.2, -0.15) is 0 Å². The third-order valence-electron chi connectivity index (χ3n) is 4.87. The molecular weight excluding hydrogens is 352 g/mol. The van der Waals surface area contributed by atoms with Gasteiger partial charge in [0.1, 0.15) is 11.6 Å². The molecule has 0 aliphatic carbocycles. The molecule has 28 heavy (non-hydrogen) atoms. The summed E-state index contributed by atoms with van der Waals surface area (Å²) in [6, 6.07) is 24.9. The minimum absolute atomic E-state index is 0.110. The number of hydrogen-bond donors (Lipinski definition) is 1. The summed E-state index contributed by atoms with van der Waals surface area (Å²) in [4.78, 5) is 18.1. The van der Waals surface area contributed by atoms with Crippen LogP contribution in [0.4, 0.5) is 11.4 Å². The molecule has 1 atom stereocenters. The highest BCUT2D eigenvalue weighted by atomic mass is 16.5. The monoisotopic (exact) mass is 372 g/mol. The topological polar surface area (TPSA) is 62.1 Å². The second kappa shape index (κ2) is 7.56. The van der Waals surface area contributed by atoms with Gasteiger partial charge in [0, 0.05) is 12.1 Å². The Morgan fingerprint density at radius 2 is 1.68 bits per heavy atom. The van der Waals surface area contributed by atoms with E-state index in [4.69, 9.17) is 14.8 Å². The molecule has 0 aromatic heterocycles. The molecular formula is C23H20N2O3. The predicted octanol–water partition coefficient (Wildman–Crippen LogP) is 5.08. The van der Waals surface area contributed by atoms with Crippen molar-refractivity contribution in [3.8, 4) is 5.75 Å². The lowest BCUT2D eigenvalue weighted by Gasteiger charge is -2.44. The number of carbonyl (C=O) groups is 1. The Kier molecular flexibility index (Phi) is 4.81. The third kappa shape index (κ3) is 3.47. The lowest BCUT2D eigenvalue weighted by atomic mass is 9.91. The Morgan fingerprint density at radius 1 is 1.00 bits per heavy atom. The zero-order valence-corrected chi connectivity index (χ0v) is 15.4. The fourth-order valence-electron chi connectivity index (χ4n) is 3.37. The maximum atomic E-state index is 11.1. The summed E-state index contributed by atoms with van der Waals surface area (Å²) in [5, 5.41) is 9.13. The lowest BCUT2D eigenvalue weighted by molar-refractivity contribution is 0.0697. The summed E-state index contributed by atoms with van der Waals surface area (Å²) in [5.74, 6) is 0.857.